The summed E-state index contributed by atoms with van der Waals surface area (Å²) in [5.74, 6) is -3.89. The smallest absolute Gasteiger partial charge is 0.272 e. The Hall–Kier alpha value is -3.88. The number of likely N-dealkylation sites (tertiary alicyclic amines) is 1. The fourth-order valence-electron chi connectivity index (χ4n) is 4.69. The first-order valence-electron chi connectivity index (χ1n) is 12.7. The van der Waals surface area contributed by atoms with Crippen LogP contribution in [-0.2, 0) is 18.3 Å². The van der Waals surface area contributed by atoms with Gasteiger partial charge in [-0.15, -0.1) is 0 Å². The highest BCUT2D eigenvalue weighted by molar-refractivity contribution is 6.01. The van der Waals surface area contributed by atoms with E-state index >= 15 is 0 Å². The minimum absolute atomic E-state index is 0.00526. The number of benzene rings is 2. The summed E-state index contributed by atoms with van der Waals surface area (Å²) in [4.78, 5) is 27.2. The van der Waals surface area contributed by atoms with Crippen molar-refractivity contribution in [2.24, 2.45) is 13.0 Å². The van der Waals surface area contributed by atoms with E-state index in [1.54, 1.807) is 16.8 Å². The maximum atomic E-state index is 13.3. The lowest BCUT2D eigenvalue weighted by Crippen LogP contribution is -2.38. The quantitative estimate of drug-likeness (QED) is 0.318. The van der Waals surface area contributed by atoms with Crippen LogP contribution in [0.25, 0.3) is 6.08 Å². The van der Waals surface area contributed by atoms with Crippen molar-refractivity contribution < 1.29 is 22.8 Å². The Morgan fingerprint density at radius 3 is 2.29 bits per heavy atom. The fourth-order valence-corrected chi connectivity index (χ4v) is 4.69. The molecule has 3 aromatic rings. The summed E-state index contributed by atoms with van der Waals surface area (Å²) >= 11 is 0. The van der Waals surface area contributed by atoms with E-state index in [1.807, 2.05) is 30.1 Å². The lowest BCUT2D eigenvalue weighted by atomic mass is 9.89. The van der Waals surface area contributed by atoms with E-state index in [1.165, 1.54) is 6.08 Å². The second kappa shape index (κ2) is 11.7. The Kier molecular flexibility index (Phi) is 8.34. The van der Waals surface area contributed by atoms with Crippen LogP contribution in [0.15, 0.2) is 48.5 Å². The van der Waals surface area contributed by atoms with Gasteiger partial charge in [0.2, 0.25) is 5.91 Å². The van der Waals surface area contributed by atoms with Gasteiger partial charge in [0, 0.05) is 31.9 Å². The number of aromatic nitrogens is 2. The van der Waals surface area contributed by atoms with Crippen LogP contribution in [0.4, 0.5) is 18.9 Å². The average Bonchev–Trinajstić information content (AvgIpc) is 3.25. The van der Waals surface area contributed by atoms with Crippen LogP contribution in [-0.4, -0.2) is 39.6 Å². The molecule has 200 valence electrons. The molecule has 0 bridgehead atoms. The SMILES string of the molecule is CC(C)Cc1cc(C(=O)N2CCC(c3ccc(NC(=O)/C=C/c4cc(F)c(F)c(F)c4)cc3)CC2)n(C)n1. The number of piperidine rings is 1. The molecule has 1 N–H and O–H groups in total. The second-order valence-corrected chi connectivity index (χ2v) is 10.1. The number of halogens is 3. The number of nitrogens with zero attached hydrogens (tertiary/aromatic N) is 3. The lowest BCUT2D eigenvalue weighted by Gasteiger charge is -2.32. The zero-order valence-corrected chi connectivity index (χ0v) is 21.7. The number of carbonyl (C=O) groups excluding carboxylic acids is 2. The molecule has 2 heterocycles. The molecule has 2 amide bonds. The van der Waals surface area contributed by atoms with E-state index in [2.05, 4.69) is 24.3 Å². The molecule has 1 fully saturated rings. The number of aryl methyl sites for hydroxylation is 1. The van der Waals surface area contributed by atoms with Crippen molar-refractivity contribution in [3.63, 3.8) is 0 Å². The lowest BCUT2D eigenvalue weighted by molar-refractivity contribution is -0.111. The van der Waals surface area contributed by atoms with Crippen molar-refractivity contribution in [3.8, 4) is 0 Å². The van der Waals surface area contributed by atoms with Crippen LogP contribution in [0.1, 0.15) is 59.9 Å². The molecule has 1 saturated heterocycles. The first kappa shape index (κ1) is 27.2. The Balaban J connectivity index is 1.30. The third-order valence-corrected chi connectivity index (χ3v) is 6.63. The summed E-state index contributed by atoms with van der Waals surface area (Å²) in [5.41, 5.74) is 3.28. The molecule has 0 spiro atoms. The number of rotatable bonds is 7. The van der Waals surface area contributed by atoms with E-state index in [4.69, 9.17) is 0 Å². The summed E-state index contributed by atoms with van der Waals surface area (Å²) in [5, 5.41) is 7.18. The molecule has 4 rings (SSSR count). The molecule has 38 heavy (non-hydrogen) atoms. The maximum Gasteiger partial charge on any atom is 0.272 e. The molecule has 1 aromatic heterocycles. The molecule has 2 aromatic carbocycles. The number of anilines is 1. The van der Waals surface area contributed by atoms with Gasteiger partial charge in [0.15, 0.2) is 17.5 Å². The van der Waals surface area contributed by atoms with Gasteiger partial charge < -0.3 is 10.2 Å². The Bertz CT molecular complexity index is 1320. The van der Waals surface area contributed by atoms with Crippen molar-refractivity contribution in [1.29, 1.82) is 0 Å². The van der Waals surface area contributed by atoms with Crippen LogP contribution in [0, 0.1) is 23.4 Å². The predicted octanol–water partition coefficient (Wildman–Crippen LogP) is 5.71. The number of amides is 2. The van der Waals surface area contributed by atoms with Gasteiger partial charge in [-0.3, -0.25) is 14.3 Å². The van der Waals surface area contributed by atoms with Crippen LogP contribution >= 0.6 is 0 Å². The summed E-state index contributed by atoms with van der Waals surface area (Å²) < 4.78 is 41.4. The van der Waals surface area contributed by atoms with Crippen molar-refractivity contribution >= 4 is 23.6 Å². The molecule has 0 saturated carbocycles. The van der Waals surface area contributed by atoms with Gasteiger partial charge in [-0.1, -0.05) is 26.0 Å². The van der Waals surface area contributed by atoms with E-state index in [9.17, 15) is 22.8 Å². The van der Waals surface area contributed by atoms with E-state index in [0.29, 0.717) is 36.3 Å². The second-order valence-electron chi connectivity index (χ2n) is 10.1. The largest absolute Gasteiger partial charge is 0.337 e. The molecule has 1 aliphatic rings. The minimum atomic E-state index is -1.55. The number of nitrogens with one attached hydrogen (secondary N) is 1. The predicted molar refractivity (Wildman–Crippen MR) is 140 cm³/mol. The summed E-state index contributed by atoms with van der Waals surface area (Å²) in [7, 11) is 1.81. The van der Waals surface area contributed by atoms with Gasteiger partial charge in [0.05, 0.1) is 5.69 Å². The summed E-state index contributed by atoms with van der Waals surface area (Å²) in [6.45, 7) is 5.56. The molecule has 0 atom stereocenters. The first-order chi connectivity index (χ1) is 18.1. The normalized spacial score (nSPS) is 14.4. The number of hydrogen-bond acceptors (Lipinski definition) is 3. The van der Waals surface area contributed by atoms with Gasteiger partial charge in [0.25, 0.3) is 5.91 Å². The number of hydrogen-bond donors (Lipinski definition) is 1. The Morgan fingerprint density at radius 2 is 1.68 bits per heavy atom. The molecular formula is C29H31F3N4O2. The standard InChI is InChI=1S/C29H31F3N4O2/c1-18(2)14-23-17-26(35(3)34-23)29(38)36-12-10-21(11-13-36)20-5-7-22(8-6-20)33-27(37)9-4-19-15-24(30)28(32)25(31)16-19/h4-9,15-18,21H,10-14H2,1-3H3,(H,33,37)/b9-4+. The monoisotopic (exact) mass is 524 g/mol. The zero-order chi connectivity index (χ0) is 27.4. The minimum Gasteiger partial charge on any atom is -0.337 e. The average molecular weight is 525 g/mol. The van der Waals surface area contributed by atoms with E-state index in [0.717, 1.165) is 48.7 Å². The van der Waals surface area contributed by atoms with Crippen molar-refractivity contribution in [2.45, 2.75) is 39.0 Å². The van der Waals surface area contributed by atoms with Crippen molar-refractivity contribution in [1.82, 2.24) is 14.7 Å². The third-order valence-electron chi connectivity index (χ3n) is 6.63. The Morgan fingerprint density at radius 1 is 1.05 bits per heavy atom. The maximum absolute atomic E-state index is 13.3. The molecule has 1 aliphatic heterocycles. The van der Waals surface area contributed by atoms with E-state index < -0.39 is 23.4 Å². The summed E-state index contributed by atoms with van der Waals surface area (Å²) in [6.07, 6.45) is 4.84. The van der Waals surface area contributed by atoms with Crippen molar-refractivity contribution in [2.75, 3.05) is 18.4 Å². The van der Waals surface area contributed by atoms with Crippen LogP contribution < -0.4 is 5.32 Å². The van der Waals surface area contributed by atoms with Crippen molar-refractivity contribution in [3.05, 3.63) is 88.5 Å². The highest BCUT2D eigenvalue weighted by Gasteiger charge is 2.26. The molecular weight excluding hydrogens is 493 g/mol. The van der Waals surface area contributed by atoms with Gasteiger partial charge >= 0.3 is 0 Å². The van der Waals surface area contributed by atoms with E-state index in [-0.39, 0.29) is 11.5 Å². The summed E-state index contributed by atoms with van der Waals surface area (Å²) in [6, 6.07) is 11.0. The van der Waals surface area contributed by atoms with Gasteiger partial charge in [-0.2, -0.15) is 5.10 Å². The van der Waals surface area contributed by atoms with Gasteiger partial charge in [0.1, 0.15) is 5.69 Å². The zero-order valence-electron chi connectivity index (χ0n) is 21.7. The highest BCUT2D eigenvalue weighted by Crippen LogP contribution is 2.29. The van der Waals surface area contributed by atoms with Gasteiger partial charge in [-0.05, 0) is 78.6 Å². The highest BCUT2D eigenvalue weighted by atomic mass is 19.2. The van der Waals surface area contributed by atoms with Gasteiger partial charge in [-0.25, -0.2) is 13.2 Å². The molecule has 9 heteroatoms. The molecule has 0 aliphatic carbocycles. The third kappa shape index (κ3) is 6.51. The molecule has 6 nitrogen and oxygen atoms in total. The number of carbonyl (C=O) groups is 2. The first-order valence-corrected chi connectivity index (χ1v) is 12.7. The van der Waals surface area contributed by atoms with Crippen LogP contribution in [0.3, 0.4) is 0 Å². The Labute approximate surface area is 220 Å². The van der Waals surface area contributed by atoms with Crippen LogP contribution in [0.5, 0.6) is 0 Å². The van der Waals surface area contributed by atoms with Crippen LogP contribution in [0.2, 0.25) is 0 Å². The topological polar surface area (TPSA) is 67.2 Å². The molecule has 0 unspecified atom stereocenters. The fraction of sp³-hybridized carbons (Fsp3) is 0.345. The molecule has 0 radical (unpaired) electrons.